The highest BCUT2D eigenvalue weighted by atomic mass is 32.1. The maximum atomic E-state index is 2.43. The zero-order valence-corrected chi connectivity index (χ0v) is 25.1. The molecule has 10 rings (SSSR count). The summed E-state index contributed by atoms with van der Waals surface area (Å²) in [4.78, 5) is 0. The standard InChI is InChI=1S/C42H26N2S/c1-3-11-29(12-4-1)43-37-17-9-7-15-31(37)34-25-35-33-23-27(28-20-22-42-36(24-28)32-16-8-10-18-41(32)45-42)19-21-38(33)44(40(35)26-39(34)43)30-13-5-2-6-14-30/h1-26H. The molecule has 0 radical (unpaired) electrons. The normalized spacial score (nSPS) is 12.0. The van der Waals surface area contributed by atoms with Crippen molar-refractivity contribution in [1.82, 2.24) is 9.13 Å². The molecule has 3 aromatic heterocycles. The zero-order valence-electron chi connectivity index (χ0n) is 24.3. The van der Waals surface area contributed by atoms with Gasteiger partial charge in [-0.1, -0.05) is 84.9 Å². The smallest absolute Gasteiger partial charge is 0.0562 e. The van der Waals surface area contributed by atoms with E-state index in [-0.39, 0.29) is 0 Å². The summed E-state index contributed by atoms with van der Waals surface area (Å²) in [5.41, 5.74) is 9.67. The minimum Gasteiger partial charge on any atom is -0.309 e. The lowest BCUT2D eigenvalue weighted by molar-refractivity contribution is 1.16. The Labute approximate surface area is 263 Å². The first-order valence-electron chi connectivity index (χ1n) is 15.4. The summed E-state index contributed by atoms with van der Waals surface area (Å²) in [6.07, 6.45) is 0. The third-order valence-corrected chi connectivity index (χ3v) is 10.4. The molecule has 0 aliphatic heterocycles. The molecule has 2 nitrogen and oxygen atoms in total. The summed E-state index contributed by atoms with van der Waals surface area (Å²) in [7, 11) is 0. The van der Waals surface area contributed by atoms with Gasteiger partial charge in [0.05, 0.1) is 22.1 Å². The molecule has 3 heterocycles. The summed E-state index contributed by atoms with van der Waals surface area (Å²) < 4.78 is 7.50. The molecule has 0 atom stereocenters. The van der Waals surface area contributed by atoms with Crippen LogP contribution in [0.2, 0.25) is 0 Å². The van der Waals surface area contributed by atoms with E-state index in [0.717, 1.165) is 5.69 Å². The van der Waals surface area contributed by atoms with E-state index < -0.39 is 0 Å². The summed E-state index contributed by atoms with van der Waals surface area (Å²) >= 11 is 1.87. The molecule has 0 spiro atoms. The Balaban J connectivity index is 1.30. The first-order chi connectivity index (χ1) is 22.3. The first kappa shape index (κ1) is 24.8. The van der Waals surface area contributed by atoms with Gasteiger partial charge in [-0.15, -0.1) is 11.3 Å². The quantitative estimate of drug-likeness (QED) is 0.194. The van der Waals surface area contributed by atoms with Gasteiger partial charge in [-0.3, -0.25) is 0 Å². The van der Waals surface area contributed by atoms with Gasteiger partial charge in [0.1, 0.15) is 0 Å². The third-order valence-electron chi connectivity index (χ3n) is 9.30. The van der Waals surface area contributed by atoms with Gasteiger partial charge in [0.2, 0.25) is 0 Å². The molecule has 0 amide bonds. The Morgan fingerprint density at radius 3 is 1.56 bits per heavy atom. The van der Waals surface area contributed by atoms with E-state index in [9.17, 15) is 0 Å². The van der Waals surface area contributed by atoms with Crippen LogP contribution in [0, 0.1) is 0 Å². The topological polar surface area (TPSA) is 9.86 Å². The van der Waals surface area contributed by atoms with E-state index in [1.165, 1.54) is 80.6 Å². The molecule has 0 saturated carbocycles. The van der Waals surface area contributed by atoms with Crippen molar-refractivity contribution in [3.63, 3.8) is 0 Å². The van der Waals surface area contributed by atoms with Gasteiger partial charge < -0.3 is 9.13 Å². The van der Waals surface area contributed by atoms with Crippen molar-refractivity contribution >= 4 is 75.1 Å². The lowest BCUT2D eigenvalue weighted by atomic mass is 10.0. The molecule has 7 aromatic carbocycles. The van der Waals surface area contributed by atoms with E-state index in [1.54, 1.807) is 0 Å². The number of hydrogen-bond donors (Lipinski definition) is 0. The number of nitrogens with zero attached hydrogens (tertiary/aromatic N) is 2. The number of para-hydroxylation sites is 3. The monoisotopic (exact) mass is 590 g/mol. The van der Waals surface area contributed by atoms with Crippen LogP contribution in [0.15, 0.2) is 158 Å². The number of hydrogen-bond acceptors (Lipinski definition) is 1. The first-order valence-corrected chi connectivity index (χ1v) is 16.2. The van der Waals surface area contributed by atoms with Crippen LogP contribution >= 0.6 is 11.3 Å². The minimum atomic E-state index is 1.16. The molecule has 3 heteroatoms. The minimum absolute atomic E-state index is 1.16. The van der Waals surface area contributed by atoms with Crippen LogP contribution in [0.4, 0.5) is 0 Å². The van der Waals surface area contributed by atoms with Crippen LogP contribution < -0.4 is 0 Å². The van der Waals surface area contributed by atoms with Crippen molar-refractivity contribution < 1.29 is 0 Å². The molecule has 0 N–H and O–H groups in total. The SMILES string of the molecule is c1ccc(-n2c3ccccc3c3cc4c5cc(-c6ccc7sc8ccccc8c7c6)ccc5n(-c5ccccc5)c4cc32)cc1. The fourth-order valence-electron chi connectivity index (χ4n) is 7.28. The van der Waals surface area contributed by atoms with Crippen molar-refractivity contribution in [2.75, 3.05) is 0 Å². The predicted molar refractivity (Wildman–Crippen MR) is 193 cm³/mol. The van der Waals surface area contributed by atoms with Gasteiger partial charge in [-0.2, -0.15) is 0 Å². The molecule has 0 aliphatic rings. The fourth-order valence-corrected chi connectivity index (χ4v) is 8.36. The highest BCUT2D eigenvalue weighted by Crippen LogP contribution is 2.42. The predicted octanol–water partition coefficient (Wildman–Crippen LogP) is 11.9. The van der Waals surface area contributed by atoms with Gasteiger partial charge in [0, 0.05) is 53.1 Å². The van der Waals surface area contributed by atoms with Gasteiger partial charge in [0.15, 0.2) is 0 Å². The second-order valence-electron chi connectivity index (χ2n) is 11.8. The molecular weight excluding hydrogens is 565 g/mol. The Kier molecular flexibility index (Phi) is 5.19. The van der Waals surface area contributed by atoms with Crippen molar-refractivity contribution in [2.45, 2.75) is 0 Å². The summed E-state index contributed by atoms with van der Waals surface area (Å²) in [5.74, 6) is 0. The lowest BCUT2D eigenvalue weighted by Gasteiger charge is -2.10. The van der Waals surface area contributed by atoms with E-state index in [0.29, 0.717) is 0 Å². The molecule has 0 aliphatic carbocycles. The summed E-state index contributed by atoms with van der Waals surface area (Å²) in [6, 6.07) is 57.7. The Morgan fingerprint density at radius 2 is 0.822 bits per heavy atom. The molecule has 0 bridgehead atoms. The van der Waals surface area contributed by atoms with Crippen molar-refractivity contribution in [3.8, 4) is 22.5 Å². The molecule has 0 fully saturated rings. The maximum Gasteiger partial charge on any atom is 0.0562 e. The number of aromatic nitrogens is 2. The number of fused-ring (bicyclic) bond motifs is 9. The zero-order chi connectivity index (χ0) is 29.5. The molecular formula is C42H26N2S. The number of thiophene rings is 1. The molecule has 0 unspecified atom stereocenters. The van der Waals surface area contributed by atoms with Crippen molar-refractivity contribution in [2.24, 2.45) is 0 Å². The van der Waals surface area contributed by atoms with E-state index >= 15 is 0 Å². The van der Waals surface area contributed by atoms with Gasteiger partial charge in [-0.25, -0.2) is 0 Å². The van der Waals surface area contributed by atoms with Crippen molar-refractivity contribution in [1.29, 1.82) is 0 Å². The third kappa shape index (κ3) is 3.62. The molecule has 10 aromatic rings. The molecule has 45 heavy (non-hydrogen) atoms. The number of rotatable bonds is 3. The van der Waals surface area contributed by atoms with Crippen molar-refractivity contribution in [3.05, 3.63) is 158 Å². The lowest BCUT2D eigenvalue weighted by Crippen LogP contribution is -1.95. The average Bonchev–Trinajstić information content (AvgIpc) is 3.74. The van der Waals surface area contributed by atoms with Gasteiger partial charge in [-0.05, 0) is 83.9 Å². The summed E-state index contributed by atoms with van der Waals surface area (Å²) in [5, 5.41) is 7.73. The van der Waals surface area contributed by atoms with E-state index in [2.05, 4.69) is 167 Å². The van der Waals surface area contributed by atoms with E-state index in [4.69, 9.17) is 0 Å². The fraction of sp³-hybridized carbons (Fsp3) is 0. The second-order valence-corrected chi connectivity index (χ2v) is 12.9. The highest BCUT2D eigenvalue weighted by molar-refractivity contribution is 7.25. The van der Waals surface area contributed by atoms with Crippen LogP contribution in [-0.4, -0.2) is 9.13 Å². The van der Waals surface area contributed by atoms with Gasteiger partial charge in [0.25, 0.3) is 0 Å². The highest BCUT2D eigenvalue weighted by Gasteiger charge is 2.19. The number of benzene rings is 7. The summed E-state index contributed by atoms with van der Waals surface area (Å²) in [6.45, 7) is 0. The van der Waals surface area contributed by atoms with E-state index in [1.807, 2.05) is 11.3 Å². The van der Waals surface area contributed by atoms with Gasteiger partial charge >= 0.3 is 0 Å². The van der Waals surface area contributed by atoms with Crippen LogP contribution in [0.25, 0.3) is 86.3 Å². The average molecular weight is 591 g/mol. The second kappa shape index (κ2) is 9.43. The van der Waals surface area contributed by atoms with Crippen LogP contribution in [-0.2, 0) is 0 Å². The largest absolute Gasteiger partial charge is 0.309 e. The maximum absolute atomic E-state index is 2.43. The Hall–Kier alpha value is -5.64. The van der Waals surface area contributed by atoms with Crippen LogP contribution in [0.5, 0.6) is 0 Å². The Morgan fingerprint density at radius 1 is 0.311 bits per heavy atom. The molecule has 0 saturated heterocycles. The van der Waals surface area contributed by atoms with Crippen LogP contribution in [0.1, 0.15) is 0 Å². The Bertz CT molecular complexity index is 2740. The van der Waals surface area contributed by atoms with Crippen LogP contribution in [0.3, 0.4) is 0 Å². The molecule has 210 valence electrons.